The van der Waals surface area contributed by atoms with Crippen molar-refractivity contribution in [3.63, 3.8) is 0 Å². The molecule has 0 spiro atoms. The third kappa shape index (κ3) is 6.52. The first-order chi connectivity index (χ1) is 15.5. The minimum atomic E-state index is -0.0964. The molecule has 1 fully saturated rings. The lowest BCUT2D eigenvalue weighted by atomic mass is 10.0. The van der Waals surface area contributed by atoms with Crippen LogP contribution in [-0.4, -0.2) is 38.8 Å². The second kappa shape index (κ2) is 11.2. The van der Waals surface area contributed by atoms with Crippen molar-refractivity contribution in [3.05, 3.63) is 59.7 Å². The van der Waals surface area contributed by atoms with Gasteiger partial charge in [0.1, 0.15) is 0 Å². The van der Waals surface area contributed by atoms with E-state index in [1.165, 1.54) is 0 Å². The summed E-state index contributed by atoms with van der Waals surface area (Å²) in [7, 11) is 1.61. The number of hydrogen-bond donors (Lipinski definition) is 1. The number of piperidine rings is 1. The molecule has 1 saturated heterocycles. The molecule has 0 radical (unpaired) electrons. The Balaban J connectivity index is 1.49. The molecule has 2 aromatic carbocycles. The predicted octanol–water partition coefficient (Wildman–Crippen LogP) is 4.40. The normalized spacial score (nSPS) is 14.4. The zero-order valence-corrected chi connectivity index (χ0v) is 19.0. The third-order valence-corrected chi connectivity index (χ3v) is 5.39. The van der Waals surface area contributed by atoms with Gasteiger partial charge in [-0.05, 0) is 66.8 Å². The average Bonchev–Trinajstić information content (AvgIpc) is 2.82. The third-order valence-electron chi connectivity index (χ3n) is 5.39. The van der Waals surface area contributed by atoms with Crippen molar-refractivity contribution in [2.75, 3.05) is 31.7 Å². The van der Waals surface area contributed by atoms with Gasteiger partial charge in [0.05, 0.1) is 25.3 Å². The van der Waals surface area contributed by atoms with Gasteiger partial charge in [-0.3, -0.25) is 4.79 Å². The molecule has 1 N–H and O–H groups in total. The number of benzene rings is 2. The Kier molecular flexibility index (Phi) is 8.15. The Morgan fingerprint density at radius 2 is 1.91 bits per heavy atom. The van der Waals surface area contributed by atoms with Crippen molar-refractivity contribution in [1.82, 2.24) is 5.32 Å². The Hall–Kier alpha value is -3.46. The summed E-state index contributed by atoms with van der Waals surface area (Å²) in [5.41, 5.74) is 2.66. The fraction of sp³-hybridized carbons (Fsp3) is 0.385. The number of nitrogens with zero attached hydrogens (tertiary/aromatic N) is 2. The molecule has 3 rings (SSSR count). The van der Waals surface area contributed by atoms with Gasteiger partial charge in [0.15, 0.2) is 11.5 Å². The lowest BCUT2D eigenvalue weighted by molar-refractivity contribution is -0.117. The molecular formula is C26H31N3O3. The number of nitriles is 1. The standard InChI is InChI=1S/C26H31N3O3/c1-19(2)18-32-24-10-6-20(16-25(24)31-3)7-11-26(30)28-22-12-14-29(15-13-22)23-8-4-21(17-27)5-9-23/h4-11,16,19,22H,12-15,18H2,1-3H3,(H,28,30)/b11-7+. The van der Waals surface area contributed by atoms with Crippen molar-refractivity contribution < 1.29 is 14.3 Å². The number of hydrogen-bond acceptors (Lipinski definition) is 5. The first kappa shape index (κ1) is 23.2. The fourth-order valence-corrected chi connectivity index (χ4v) is 3.61. The van der Waals surface area contributed by atoms with Crippen molar-refractivity contribution in [2.45, 2.75) is 32.7 Å². The van der Waals surface area contributed by atoms with Crippen LogP contribution in [0, 0.1) is 17.2 Å². The van der Waals surface area contributed by atoms with Gasteiger partial charge in [-0.15, -0.1) is 0 Å². The second-order valence-electron chi connectivity index (χ2n) is 8.38. The Labute approximate surface area is 190 Å². The summed E-state index contributed by atoms with van der Waals surface area (Å²) >= 11 is 0. The van der Waals surface area contributed by atoms with E-state index in [1.54, 1.807) is 19.3 Å². The molecule has 0 unspecified atom stereocenters. The van der Waals surface area contributed by atoms with Crippen molar-refractivity contribution >= 4 is 17.7 Å². The van der Waals surface area contributed by atoms with Gasteiger partial charge in [-0.1, -0.05) is 19.9 Å². The maximum Gasteiger partial charge on any atom is 0.244 e. The second-order valence-corrected chi connectivity index (χ2v) is 8.38. The molecule has 0 atom stereocenters. The zero-order chi connectivity index (χ0) is 22.9. The van der Waals surface area contributed by atoms with Crippen LogP contribution in [0.15, 0.2) is 48.5 Å². The lowest BCUT2D eigenvalue weighted by Gasteiger charge is -2.33. The van der Waals surface area contributed by atoms with Crippen LogP contribution in [0.1, 0.15) is 37.8 Å². The van der Waals surface area contributed by atoms with E-state index >= 15 is 0 Å². The van der Waals surface area contributed by atoms with E-state index in [4.69, 9.17) is 14.7 Å². The number of carbonyl (C=O) groups is 1. The van der Waals surface area contributed by atoms with Gasteiger partial charge in [-0.25, -0.2) is 0 Å². The number of carbonyl (C=O) groups excluding carboxylic acids is 1. The van der Waals surface area contributed by atoms with Crippen molar-refractivity contribution in [2.24, 2.45) is 5.92 Å². The topological polar surface area (TPSA) is 74.6 Å². The molecule has 6 nitrogen and oxygen atoms in total. The van der Waals surface area contributed by atoms with Gasteiger partial charge in [0, 0.05) is 30.9 Å². The molecule has 1 aliphatic heterocycles. The summed E-state index contributed by atoms with van der Waals surface area (Å²) in [6.45, 7) is 6.56. The number of anilines is 1. The van der Waals surface area contributed by atoms with Crippen molar-refractivity contribution in [3.8, 4) is 17.6 Å². The zero-order valence-electron chi connectivity index (χ0n) is 19.0. The van der Waals surface area contributed by atoms with E-state index in [1.807, 2.05) is 42.5 Å². The Bertz CT molecular complexity index is 969. The van der Waals surface area contributed by atoms with Gasteiger partial charge < -0.3 is 19.7 Å². The maximum absolute atomic E-state index is 12.4. The van der Waals surface area contributed by atoms with Crippen LogP contribution in [0.4, 0.5) is 5.69 Å². The molecule has 0 saturated carbocycles. The van der Waals surface area contributed by atoms with Crippen LogP contribution < -0.4 is 19.7 Å². The predicted molar refractivity (Wildman–Crippen MR) is 127 cm³/mol. The van der Waals surface area contributed by atoms with E-state index in [9.17, 15) is 4.79 Å². The molecule has 0 aliphatic carbocycles. The summed E-state index contributed by atoms with van der Waals surface area (Å²) in [6.07, 6.45) is 5.12. The minimum absolute atomic E-state index is 0.0964. The average molecular weight is 434 g/mol. The number of rotatable bonds is 8. The monoisotopic (exact) mass is 433 g/mol. The van der Waals surface area contributed by atoms with E-state index in [0.717, 1.165) is 37.2 Å². The van der Waals surface area contributed by atoms with E-state index in [2.05, 4.69) is 30.1 Å². The highest BCUT2D eigenvalue weighted by molar-refractivity contribution is 5.92. The number of amides is 1. The van der Waals surface area contributed by atoms with Crippen LogP contribution in [0.5, 0.6) is 11.5 Å². The van der Waals surface area contributed by atoms with Gasteiger partial charge in [0.2, 0.25) is 5.91 Å². The first-order valence-electron chi connectivity index (χ1n) is 11.0. The lowest BCUT2D eigenvalue weighted by Crippen LogP contribution is -2.44. The molecule has 6 heteroatoms. The van der Waals surface area contributed by atoms with Gasteiger partial charge in [0.25, 0.3) is 0 Å². The summed E-state index contributed by atoms with van der Waals surface area (Å²) in [5, 5.41) is 12.0. The number of methoxy groups -OCH3 is 1. The van der Waals surface area contributed by atoms with E-state index in [-0.39, 0.29) is 11.9 Å². The molecule has 1 aliphatic rings. The molecule has 1 amide bonds. The molecular weight excluding hydrogens is 402 g/mol. The summed E-state index contributed by atoms with van der Waals surface area (Å²) in [4.78, 5) is 14.7. The maximum atomic E-state index is 12.4. The SMILES string of the molecule is COc1cc(/C=C/C(=O)NC2CCN(c3ccc(C#N)cc3)CC2)ccc1OCC(C)C. The smallest absolute Gasteiger partial charge is 0.244 e. The quantitative estimate of drug-likeness (QED) is 0.625. The van der Waals surface area contributed by atoms with E-state index in [0.29, 0.717) is 29.6 Å². The summed E-state index contributed by atoms with van der Waals surface area (Å²) in [6, 6.07) is 15.6. The van der Waals surface area contributed by atoms with Crippen molar-refractivity contribution in [1.29, 1.82) is 5.26 Å². The molecule has 2 aromatic rings. The fourth-order valence-electron chi connectivity index (χ4n) is 3.61. The molecule has 0 bridgehead atoms. The number of ether oxygens (including phenoxy) is 2. The summed E-state index contributed by atoms with van der Waals surface area (Å²) in [5.74, 6) is 1.69. The van der Waals surface area contributed by atoms with Crippen LogP contribution in [0.2, 0.25) is 0 Å². The first-order valence-corrected chi connectivity index (χ1v) is 11.0. The van der Waals surface area contributed by atoms with Gasteiger partial charge in [-0.2, -0.15) is 5.26 Å². The molecule has 32 heavy (non-hydrogen) atoms. The number of nitrogens with one attached hydrogen (secondary N) is 1. The van der Waals surface area contributed by atoms with E-state index < -0.39 is 0 Å². The minimum Gasteiger partial charge on any atom is -0.493 e. The highest BCUT2D eigenvalue weighted by Gasteiger charge is 2.20. The molecule has 0 aromatic heterocycles. The Morgan fingerprint density at radius 1 is 1.19 bits per heavy atom. The van der Waals surface area contributed by atoms with Crippen LogP contribution >= 0.6 is 0 Å². The summed E-state index contributed by atoms with van der Waals surface area (Å²) < 4.78 is 11.2. The highest BCUT2D eigenvalue weighted by atomic mass is 16.5. The van der Waals surface area contributed by atoms with Crippen LogP contribution in [-0.2, 0) is 4.79 Å². The van der Waals surface area contributed by atoms with Crippen LogP contribution in [0.3, 0.4) is 0 Å². The highest BCUT2D eigenvalue weighted by Crippen LogP contribution is 2.29. The largest absolute Gasteiger partial charge is 0.493 e. The van der Waals surface area contributed by atoms with Crippen LogP contribution in [0.25, 0.3) is 6.08 Å². The molecule has 168 valence electrons. The Morgan fingerprint density at radius 3 is 2.53 bits per heavy atom. The van der Waals surface area contributed by atoms with Gasteiger partial charge >= 0.3 is 0 Å². The molecule has 1 heterocycles.